The Kier molecular flexibility index (Phi) is 3.51. The first kappa shape index (κ1) is 11.1. The van der Waals surface area contributed by atoms with Crippen LogP contribution in [0.25, 0.3) is 0 Å². The zero-order valence-electron chi connectivity index (χ0n) is 9.32. The van der Waals surface area contributed by atoms with Crippen LogP contribution < -0.4 is 10.6 Å². The molecule has 6 nitrogen and oxygen atoms in total. The van der Waals surface area contributed by atoms with Crippen molar-refractivity contribution < 1.29 is 9.32 Å². The van der Waals surface area contributed by atoms with Crippen LogP contribution in [0.15, 0.2) is 4.52 Å². The molecule has 1 aromatic rings. The summed E-state index contributed by atoms with van der Waals surface area (Å²) >= 11 is 0. The molecule has 88 valence electrons. The second-order valence-corrected chi connectivity index (χ2v) is 4.00. The minimum atomic E-state index is -0.0981. The first-order valence-corrected chi connectivity index (χ1v) is 5.53. The van der Waals surface area contributed by atoms with E-state index in [1.165, 1.54) is 6.92 Å². The third-order valence-electron chi connectivity index (χ3n) is 2.63. The van der Waals surface area contributed by atoms with Crippen LogP contribution in [0.3, 0.4) is 0 Å². The van der Waals surface area contributed by atoms with Crippen molar-refractivity contribution in [3.63, 3.8) is 0 Å². The molecule has 1 fully saturated rings. The second-order valence-electron chi connectivity index (χ2n) is 4.00. The number of carbonyl (C=O) groups excluding carboxylic acids is 1. The predicted octanol–water partition coefficient (Wildman–Crippen LogP) is 0.173. The highest BCUT2D eigenvalue weighted by molar-refractivity contribution is 5.72. The Bertz CT molecular complexity index is 357. The number of piperidine rings is 1. The summed E-state index contributed by atoms with van der Waals surface area (Å²) < 4.78 is 5.06. The standard InChI is InChI=1S/C10H16N4O2/c1-7(15)12-6-9-13-10(14-16-9)8-3-2-4-11-5-8/h8,11H,2-6H2,1H3,(H,12,15). The maximum absolute atomic E-state index is 10.7. The number of amides is 1. The van der Waals surface area contributed by atoms with Gasteiger partial charge in [0.25, 0.3) is 0 Å². The maximum Gasteiger partial charge on any atom is 0.246 e. The van der Waals surface area contributed by atoms with Crippen LogP contribution in [0.4, 0.5) is 0 Å². The molecule has 16 heavy (non-hydrogen) atoms. The van der Waals surface area contributed by atoms with E-state index in [4.69, 9.17) is 4.52 Å². The van der Waals surface area contributed by atoms with Crippen LogP contribution in [-0.4, -0.2) is 29.1 Å². The highest BCUT2D eigenvalue weighted by atomic mass is 16.5. The van der Waals surface area contributed by atoms with E-state index < -0.39 is 0 Å². The van der Waals surface area contributed by atoms with Gasteiger partial charge in [0.2, 0.25) is 11.8 Å². The van der Waals surface area contributed by atoms with Crippen LogP contribution in [0, 0.1) is 0 Å². The lowest BCUT2D eigenvalue weighted by Crippen LogP contribution is -2.29. The molecule has 0 saturated carbocycles. The molecule has 1 aromatic heterocycles. The second kappa shape index (κ2) is 5.07. The van der Waals surface area contributed by atoms with Gasteiger partial charge in [-0.2, -0.15) is 4.98 Å². The van der Waals surface area contributed by atoms with Gasteiger partial charge in [0.15, 0.2) is 5.82 Å². The Balaban J connectivity index is 1.93. The normalized spacial score (nSPS) is 20.7. The van der Waals surface area contributed by atoms with Gasteiger partial charge in [0.1, 0.15) is 0 Å². The molecule has 2 N–H and O–H groups in total. The fraction of sp³-hybridized carbons (Fsp3) is 0.700. The topological polar surface area (TPSA) is 80.0 Å². The minimum Gasteiger partial charge on any atom is -0.347 e. The molecular weight excluding hydrogens is 208 g/mol. The minimum absolute atomic E-state index is 0.0981. The summed E-state index contributed by atoms with van der Waals surface area (Å²) in [6.45, 7) is 3.73. The lowest BCUT2D eigenvalue weighted by molar-refractivity contribution is -0.119. The predicted molar refractivity (Wildman–Crippen MR) is 56.7 cm³/mol. The summed E-state index contributed by atoms with van der Waals surface area (Å²) in [7, 11) is 0. The fourth-order valence-electron chi connectivity index (χ4n) is 1.78. The molecule has 1 amide bonds. The molecule has 1 atom stereocenters. The van der Waals surface area contributed by atoms with Crippen molar-refractivity contribution in [1.29, 1.82) is 0 Å². The highest BCUT2D eigenvalue weighted by Crippen LogP contribution is 2.20. The van der Waals surface area contributed by atoms with E-state index in [9.17, 15) is 4.79 Å². The van der Waals surface area contributed by atoms with Crippen LogP contribution in [0.5, 0.6) is 0 Å². The number of carbonyl (C=O) groups is 1. The highest BCUT2D eigenvalue weighted by Gasteiger charge is 2.20. The number of rotatable bonds is 3. The molecule has 0 aromatic carbocycles. The smallest absolute Gasteiger partial charge is 0.246 e. The Morgan fingerprint density at radius 1 is 1.69 bits per heavy atom. The number of hydrogen-bond donors (Lipinski definition) is 2. The molecule has 6 heteroatoms. The van der Waals surface area contributed by atoms with Gasteiger partial charge in [-0.3, -0.25) is 4.79 Å². The number of aromatic nitrogens is 2. The van der Waals surface area contributed by atoms with Gasteiger partial charge in [0.05, 0.1) is 6.54 Å². The van der Waals surface area contributed by atoms with Crippen LogP contribution in [-0.2, 0) is 11.3 Å². The van der Waals surface area contributed by atoms with Crippen LogP contribution in [0.1, 0.15) is 37.4 Å². The van der Waals surface area contributed by atoms with E-state index >= 15 is 0 Å². The zero-order valence-corrected chi connectivity index (χ0v) is 9.32. The molecule has 2 heterocycles. The molecule has 1 aliphatic heterocycles. The van der Waals surface area contributed by atoms with Gasteiger partial charge in [-0.05, 0) is 19.4 Å². The monoisotopic (exact) mass is 224 g/mol. The van der Waals surface area contributed by atoms with Crippen molar-refractivity contribution in [2.75, 3.05) is 13.1 Å². The molecule has 0 bridgehead atoms. The van der Waals surface area contributed by atoms with Gasteiger partial charge >= 0.3 is 0 Å². The zero-order chi connectivity index (χ0) is 11.4. The van der Waals surface area contributed by atoms with E-state index in [0.717, 1.165) is 31.8 Å². The van der Waals surface area contributed by atoms with Crippen molar-refractivity contribution >= 4 is 5.91 Å². The lowest BCUT2D eigenvalue weighted by atomic mass is 9.99. The average molecular weight is 224 g/mol. The fourth-order valence-corrected chi connectivity index (χ4v) is 1.78. The molecular formula is C10H16N4O2. The van der Waals surface area contributed by atoms with Gasteiger partial charge < -0.3 is 15.2 Å². The van der Waals surface area contributed by atoms with Crippen molar-refractivity contribution in [1.82, 2.24) is 20.8 Å². The van der Waals surface area contributed by atoms with E-state index in [1.54, 1.807) is 0 Å². The third kappa shape index (κ3) is 2.79. The van der Waals surface area contributed by atoms with Crippen LogP contribution in [0.2, 0.25) is 0 Å². The number of nitrogens with one attached hydrogen (secondary N) is 2. The summed E-state index contributed by atoms with van der Waals surface area (Å²) in [6.07, 6.45) is 2.23. The summed E-state index contributed by atoms with van der Waals surface area (Å²) in [4.78, 5) is 15.0. The van der Waals surface area contributed by atoms with Gasteiger partial charge in [-0.25, -0.2) is 0 Å². The Morgan fingerprint density at radius 2 is 2.56 bits per heavy atom. The Hall–Kier alpha value is -1.43. The summed E-state index contributed by atoms with van der Waals surface area (Å²) in [6, 6.07) is 0. The molecule has 0 spiro atoms. The van der Waals surface area contributed by atoms with Crippen molar-refractivity contribution in [3.8, 4) is 0 Å². The molecule has 1 unspecified atom stereocenters. The maximum atomic E-state index is 10.7. The van der Waals surface area contributed by atoms with E-state index in [2.05, 4.69) is 20.8 Å². The Labute approximate surface area is 93.8 Å². The summed E-state index contributed by atoms with van der Waals surface area (Å²) in [5.74, 6) is 1.45. The summed E-state index contributed by atoms with van der Waals surface area (Å²) in [5, 5.41) is 9.87. The molecule has 1 aliphatic rings. The largest absolute Gasteiger partial charge is 0.347 e. The van der Waals surface area contributed by atoms with E-state index in [1.807, 2.05) is 0 Å². The molecule has 0 aliphatic carbocycles. The molecule has 0 radical (unpaired) electrons. The number of nitrogens with zero attached hydrogens (tertiary/aromatic N) is 2. The lowest BCUT2D eigenvalue weighted by Gasteiger charge is -2.19. The van der Waals surface area contributed by atoms with Gasteiger partial charge in [0, 0.05) is 19.4 Å². The molecule has 1 saturated heterocycles. The van der Waals surface area contributed by atoms with Crippen LogP contribution >= 0.6 is 0 Å². The first-order chi connectivity index (χ1) is 7.75. The van der Waals surface area contributed by atoms with Crippen molar-refractivity contribution in [2.24, 2.45) is 0 Å². The molecule has 2 rings (SSSR count). The van der Waals surface area contributed by atoms with Gasteiger partial charge in [-0.15, -0.1) is 0 Å². The van der Waals surface area contributed by atoms with Crippen molar-refractivity contribution in [3.05, 3.63) is 11.7 Å². The quantitative estimate of drug-likeness (QED) is 0.765. The Morgan fingerprint density at radius 3 is 3.25 bits per heavy atom. The number of hydrogen-bond acceptors (Lipinski definition) is 5. The van der Waals surface area contributed by atoms with Crippen molar-refractivity contribution in [2.45, 2.75) is 32.2 Å². The van der Waals surface area contributed by atoms with Gasteiger partial charge in [-0.1, -0.05) is 5.16 Å². The SMILES string of the molecule is CC(=O)NCc1nc(C2CCCNC2)no1. The average Bonchev–Trinajstić information content (AvgIpc) is 2.76. The first-order valence-electron chi connectivity index (χ1n) is 5.53. The van der Waals surface area contributed by atoms with E-state index in [0.29, 0.717) is 18.4 Å². The van der Waals surface area contributed by atoms with E-state index in [-0.39, 0.29) is 5.91 Å². The third-order valence-corrected chi connectivity index (χ3v) is 2.63. The summed E-state index contributed by atoms with van der Waals surface area (Å²) in [5.41, 5.74) is 0.